The highest BCUT2D eigenvalue weighted by Crippen LogP contribution is 2.33. The second-order valence-electron chi connectivity index (χ2n) is 5.36. The van der Waals surface area contributed by atoms with Crippen molar-refractivity contribution in [3.05, 3.63) is 53.6 Å². The minimum absolute atomic E-state index is 0.0869. The van der Waals surface area contributed by atoms with Crippen molar-refractivity contribution in [2.24, 2.45) is 0 Å². The lowest BCUT2D eigenvalue weighted by Gasteiger charge is -2.28. The fourth-order valence-electron chi connectivity index (χ4n) is 2.57. The molecule has 2 aromatic rings. The van der Waals surface area contributed by atoms with Crippen LogP contribution in [0.3, 0.4) is 0 Å². The fraction of sp³-hybridized carbons (Fsp3) is 0.278. The first-order valence-electron chi connectivity index (χ1n) is 7.70. The minimum atomic E-state index is -0.299. The Balaban J connectivity index is 1.89. The van der Waals surface area contributed by atoms with Crippen LogP contribution in [0.5, 0.6) is 11.5 Å². The van der Waals surface area contributed by atoms with Gasteiger partial charge in [0, 0.05) is 5.69 Å². The summed E-state index contributed by atoms with van der Waals surface area (Å²) in [4.78, 5) is 12.2. The van der Waals surface area contributed by atoms with Crippen molar-refractivity contribution in [2.75, 3.05) is 19.0 Å². The SMILES string of the molecule is CCCOc1cc([C@H]2NC(=O)c3ccccc3N2)ccc1OC. The molecule has 2 aromatic carbocycles. The summed E-state index contributed by atoms with van der Waals surface area (Å²) in [5.41, 5.74) is 2.40. The third-order valence-electron chi connectivity index (χ3n) is 3.73. The third-order valence-corrected chi connectivity index (χ3v) is 3.73. The number of carbonyl (C=O) groups excluding carboxylic acids is 1. The number of benzene rings is 2. The molecule has 0 bridgehead atoms. The Morgan fingerprint density at radius 1 is 1.09 bits per heavy atom. The van der Waals surface area contributed by atoms with Crippen LogP contribution in [0, 0.1) is 0 Å². The topological polar surface area (TPSA) is 59.6 Å². The Hall–Kier alpha value is -2.69. The van der Waals surface area contributed by atoms with Gasteiger partial charge in [-0.25, -0.2) is 0 Å². The Kier molecular flexibility index (Phi) is 4.37. The number of hydrogen-bond donors (Lipinski definition) is 2. The standard InChI is InChI=1S/C18H20N2O3/c1-3-10-23-16-11-12(8-9-15(16)22-2)17-19-14-7-5-4-6-13(14)18(21)20-17/h4-9,11,17,19H,3,10H2,1-2H3,(H,20,21)/t17-/m1/s1. The van der Waals surface area contributed by atoms with Crippen LogP contribution in [0.25, 0.3) is 0 Å². The van der Waals surface area contributed by atoms with Crippen molar-refractivity contribution in [1.29, 1.82) is 0 Å². The van der Waals surface area contributed by atoms with Gasteiger partial charge in [-0.05, 0) is 36.2 Å². The molecule has 1 aliphatic rings. The summed E-state index contributed by atoms with van der Waals surface area (Å²) in [6.45, 7) is 2.67. The Labute approximate surface area is 135 Å². The molecule has 23 heavy (non-hydrogen) atoms. The van der Waals surface area contributed by atoms with E-state index >= 15 is 0 Å². The molecule has 0 aliphatic carbocycles. The summed E-state index contributed by atoms with van der Waals surface area (Å²) >= 11 is 0. The molecule has 5 nitrogen and oxygen atoms in total. The van der Waals surface area contributed by atoms with E-state index in [2.05, 4.69) is 17.6 Å². The van der Waals surface area contributed by atoms with Crippen molar-refractivity contribution < 1.29 is 14.3 Å². The average Bonchev–Trinajstić information content (AvgIpc) is 2.59. The molecule has 0 fully saturated rings. The Bertz CT molecular complexity index is 715. The summed E-state index contributed by atoms with van der Waals surface area (Å²) in [6, 6.07) is 13.1. The predicted molar refractivity (Wildman–Crippen MR) is 89.1 cm³/mol. The zero-order valence-electron chi connectivity index (χ0n) is 13.3. The lowest BCUT2D eigenvalue weighted by molar-refractivity contribution is 0.0935. The van der Waals surface area contributed by atoms with Gasteiger partial charge in [0.2, 0.25) is 0 Å². The molecule has 2 N–H and O–H groups in total. The number of para-hydroxylation sites is 1. The van der Waals surface area contributed by atoms with Gasteiger partial charge in [-0.3, -0.25) is 4.79 Å². The van der Waals surface area contributed by atoms with Crippen molar-refractivity contribution in [2.45, 2.75) is 19.5 Å². The van der Waals surface area contributed by atoms with Crippen molar-refractivity contribution in [1.82, 2.24) is 5.32 Å². The van der Waals surface area contributed by atoms with Gasteiger partial charge < -0.3 is 20.1 Å². The first kappa shape index (κ1) is 15.2. The number of anilines is 1. The number of carbonyl (C=O) groups is 1. The molecule has 1 aliphatic heterocycles. The van der Waals surface area contributed by atoms with Gasteiger partial charge in [0.15, 0.2) is 11.5 Å². The molecular weight excluding hydrogens is 292 g/mol. The molecule has 1 atom stereocenters. The van der Waals surface area contributed by atoms with Gasteiger partial charge in [0.1, 0.15) is 6.17 Å². The molecular formula is C18H20N2O3. The van der Waals surface area contributed by atoms with Crippen LogP contribution in [-0.2, 0) is 0 Å². The van der Waals surface area contributed by atoms with E-state index in [1.807, 2.05) is 36.4 Å². The van der Waals surface area contributed by atoms with Gasteiger partial charge in [-0.1, -0.05) is 25.1 Å². The minimum Gasteiger partial charge on any atom is -0.493 e. The molecule has 1 amide bonds. The van der Waals surface area contributed by atoms with Crippen molar-refractivity contribution in [3.63, 3.8) is 0 Å². The first-order chi connectivity index (χ1) is 11.2. The van der Waals surface area contributed by atoms with E-state index < -0.39 is 0 Å². The van der Waals surface area contributed by atoms with E-state index in [4.69, 9.17) is 9.47 Å². The maximum atomic E-state index is 12.2. The molecule has 120 valence electrons. The molecule has 1 heterocycles. The van der Waals surface area contributed by atoms with E-state index in [1.54, 1.807) is 13.2 Å². The second kappa shape index (κ2) is 6.60. The zero-order chi connectivity index (χ0) is 16.2. The van der Waals surface area contributed by atoms with Crippen LogP contribution < -0.4 is 20.1 Å². The maximum absolute atomic E-state index is 12.2. The number of methoxy groups -OCH3 is 1. The van der Waals surface area contributed by atoms with Crippen LogP contribution in [0.2, 0.25) is 0 Å². The number of amides is 1. The molecule has 0 saturated heterocycles. The summed E-state index contributed by atoms with van der Waals surface area (Å²) in [5.74, 6) is 1.28. The van der Waals surface area contributed by atoms with E-state index in [0.29, 0.717) is 23.7 Å². The molecule has 5 heteroatoms. The maximum Gasteiger partial charge on any atom is 0.255 e. The van der Waals surface area contributed by atoms with Crippen LogP contribution in [0.4, 0.5) is 5.69 Å². The molecule has 3 rings (SSSR count). The predicted octanol–water partition coefficient (Wildman–Crippen LogP) is 3.34. The summed E-state index contributed by atoms with van der Waals surface area (Å²) in [5, 5.41) is 6.30. The summed E-state index contributed by atoms with van der Waals surface area (Å²) in [6.07, 6.45) is 0.617. The van der Waals surface area contributed by atoms with Crippen molar-refractivity contribution in [3.8, 4) is 11.5 Å². The van der Waals surface area contributed by atoms with Crippen LogP contribution in [-0.4, -0.2) is 19.6 Å². The highest BCUT2D eigenvalue weighted by Gasteiger charge is 2.24. The smallest absolute Gasteiger partial charge is 0.255 e. The number of rotatable bonds is 5. The molecule has 0 unspecified atom stereocenters. The number of hydrogen-bond acceptors (Lipinski definition) is 4. The molecule has 0 spiro atoms. The van der Waals surface area contributed by atoms with E-state index in [0.717, 1.165) is 17.7 Å². The largest absolute Gasteiger partial charge is 0.493 e. The van der Waals surface area contributed by atoms with Gasteiger partial charge in [-0.2, -0.15) is 0 Å². The first-order valence-corrected chi connectivity index (χ1v) is 7.70. The lowest BCUT2D eigenvalue weighted by atomic mass is 10.1. The highest BCUT2D eigenvalue weighted by molar-refractivity contribution is 6.01. The average molecular weight is 312 g/mol. The van der Waals surface area contributed by atoms with Gasteiger partial charge in [0.05, 0.1) is 19.3 Å². The van der Waals surface area contributed by atoms with Crippen LogP contribution >= 0.6 is 0 Å². The number of fused-ring (bicyclic) bond motifs is 1. The van der Waals surface area contributed by atoms with Gasteiger partial charge in [0.25, 0.3) is 5.91 Å². The number of nitrogens with one attached hydrogen (secondary N) is 2. The third kappa shape index (κ3) is 3.08. The fourth-order valence-corrected chi connectivity index (χ4v) is 2.57. The number of ether oxygens (including phenoxy) is 2. The molecule has 0 radical (unpaired) electrons. The van der Waals surface area contributed by atoms with E-state index in [9.17, 15) is 4.79 Å². The molecule has 0 saturated carbocycles. The van der Waals surface area contributed by atoms with E-state index in [1.165, 1.54) is 0 Å². The normalized spacial score (nSPS) is 16.1. The van der Waals surface area contributed by atoms with Gasteiger partial charge >= 0.3 is 0 Å². The Morgan fingerprint density at radius 3 is 2.70 bits per heavy atom. The summed E-state index contributed by atoms with van der Waals surface area (Å²) < 4.78 is 11.1. The van der Waals surface area contributed by atoms with Crippen molar-refractivity contribution >= 4 is 11.6 Å². The van der Waals surface area contributed by atoms with Crippen LogP contribution in [0.1, 0.15) is 35.4 Å². The molecule has 0 aromatic heterocycles. The second-order valence-corrected chi connectivity index (χ2v) is 5.36. The Morgan fingerprint density at radius 2 is 1.91 bits per heavy atom. The van der Waals surface area contributed by atoms with Crippen LogP contribution in [0.15, 0.2) is 42.5 Å². The van der Waals surface area contributed by atoms with E-state index in [-0.39, 0.29) is 12.1 Å². The zero-order valence-corrected chi connectivity index (χ0v) is 13.3. The monoisotopic (exact) mass is 312 g/mol. The lowest BCUT2D eigenvalue weighted by Crippen LogP contribution is -2.38. The van der Waals surface area contributed by atoms with Gasteiger partial charge in [-0.15, -0.1) is 0 Å². The summed E-state index contributed by atoms with van der Waals surface area (Å²) in [7, 11) is 1.62. The quantitative estimate of drug-likeness (QED) is 0.889. The highest BCUT2D eigenvalue weighted by atomic mass is 16.5.